The molecule has 1 unspecified atom stereocenters. The van der Waals surface area contributed by atoms with E-state index in [9.17, 15) is 22.8 Å². The Morgan fingerprint density at radius 2 is 2.13 bits per heavy atom. The van der Waals surface area contributed by atoms with Crippen LogP contribution >= 0.6 is 11.3 Å². The number of ether oxygens (including phenoxy) is 1. The molecule has 0 radical (unpaired) electrons. The maximum Gasteiger partial charge on any atom is 0.416 e. The first-order valence-corrected chi connectivity index (χ1v) is 10.6. The topological polar surface area (TPSA) is 59.5 Å². The van der Waals surface area contributed by atoms with Gasteiger partial charge >= 0.3 is 12.1 Å². The SMILES string of the molecule is CC(=O)N(c1cccc(C(F)(F)F)c1)c1nc(/C=C/C(=O)OCC2CC=CCC2)cs1. The van der Waals surface area contributed by atoms with Crippen molar-refractivity contribution in [3.63, 3.8) is 0 Å². The van der Waals surface area contributed by atoms with Crippen molar-refractivity contribution in [2.75, 3.05) is 11.5 Å². The molecule has 5 nitrogen and oxygen atoms in total. The Balaban J connectivity index is 1.69. The number of carbonyl (C=O) groups is 2. The molecule has 31 heavy (non-hydrogen) atoms. The fourth-order valence-electron chi connectivity index (χ4n) is 3.11. The summed E-state index contributed by atoms with van der Waals surface area (Å²) in [7, 11) is 0. The molecule has 0 fully saturated rings. The lowest BCUT2D eigenvalue weighted by molar-refractivity contribution is -0.139. The molecule has 2 aromatic rings. The lowest BCUT2D eigenvalue weighted by atomic mass is 9.95. The molecule has 0 saturated heterocycles. The van der Waals surface area contributed by atoms with Gasteiger partial charge in [0.05, 0.1) is 23.6 Å². The molecule has 1 aromatic carbocycles. The Morgan fingerprint density at radius 1 is 1.32 bits per heavy atom. The van der Waals surface area contributed by atoms with Gasteiger partial charge in [-0.15, -0.1) is 11.3 Å². The van der Waals surface area contributed by atoms with Gasteiger partial charge in [-0.25, -0.2) is 9.78 Å². The van der Waals surface area contributed by atoms with Crippen molar-refractivity contribution >= 4 is 40.1 Å². The zero-order chi connectivity index (χ0) is 22.4. The Labute approximate surface area is 181 Å². The van der Waals surface area contributed by atoms with Gasteiger partial charge < -0.3 is 4.74 Å². The normalized spacial score (nSPS) is 16.5. The summed E-state index contributed by atoms with van der Waals surface area (Å²) >= 11 is 1.08. The first-order valence-electron chi connectivity index (χ1n) is 9.67. The number of anilines is 2. The van der Waals surface area contributed by atoms with Crippen LogP contribution in [-0.2, 0) is 20.5 Å². The highest BCUT2D eigenvalue weighted by Gasteiger charge is 2.31. The number of benzene rings is 1. The van der Waals surface area contributed by atoms with Gasteiger partial charge in [-0.05, 0) is 49.5 Å². The molecular formula is C22H21F3N2O3S. The van der Waals surface area contributed by atoms with E-state index in [1.807, 2.05) is 0 Å². The van der Waals surface area contributed by atoms with Crippen LogP contribution in [0.15, 0.2) is 47.9 Å². The van der Waals surface area contributed by atoms with Crippen molar-refractivity contribution in [1.29, 1.82) is 0 Å². The van der Waals surface area contributed by atoms with E-state index < -0.39 is 23.6 Å². The first-order chi connectivity index (χ1) is 14.7. The van der Waals surface area contributed by atoms with Crippen LogP contribution < -0.4 is 4.90 Å². The fourth-order valence-corrected chi connectivity index (χ4v) is 3.97. The van der Waals surface area contributed by atoms with E-state index in [2.05, 4.69) is 17.1 Å². The lowest BCUT2D eigenvalue weighted by Crippen LogP contribution is -2.23. The highest BCUT2D eigenvalue weighted by atomic mass is 32.1. The maximum atomic E-state index is 13.0. The quantitative estimate of drug-likeness (QED) is 0.319. The number of allylic oxidation sites excluding steroid dienone is 2. The smallest absolute Gasteiger partial charge is 0.416 e. The minimum atomic E-state index is -4.52. The molecule has 9 heteroatoms. The fraction of sp³-hybridized carbons (Fsp3) is 0.318. The van der Waals surface area contributed by atoms with E-state index in [4.69, 9.17) is 4.74 Å². The third kappa shape index (κ3) is 6.27. The van der Waals surface area contributed by atoms with Crippen LogP contribution in [0.4, 0.5) is 24.0 Å². The number of amides is 1. The summed E-state index contributed by atoms with van der Waals surface area (Å²) in [6, 6.07) is 4.48. The van der Waals surface area contributed by atoms with Crippen LogP contribution in [0.25, 0.3) is 6.08 Å². The molecule has 0 aliphatic heterocycles. The highest BCUT2D eigenvalue weighted by Crippen LogP contribution is 2.35. The monoisotopic (exact) mass is 450 g/mol. The van der Waals surface area contributed by atoms with Crippen LogP contribution in [0.5, 0.6) is 0 Å². The molecule has 164 valence electrons. The summed E-state index contributed by atoms with van der Waals surface area (Å²) in [5, 5.41) is 1.81. The number of alkyl halides is 3. The van der Waals surface area contributed by atoms with E-state index in [0.29, 0.717) is 18.2 Å². The van der Waals surface area contributed by atoms with Gasteiger partial charge in [0.1, 0.15) is 0 Å². The summed E-state index contributed by atoms with van der Waals surface area (Å²) < 4.78 is 44.3. The number of thiazole rings is 1. The summed E-state index contributed by atoms with van der Waals surface area (Å²) in [5.74, 6) is -0.652. The van der Waals surface area contributed by atoms with Crippen LogP contribution in [0.3, 0.4) is 0 Å². The number of carbonyl (C=O) groups excluding carboxylic acids is 2. The average Bonchev–Trinajstić information content (AvgIpc) is 3.19. The van der Waals surface area contributed by atoms with Gasteiger partial charge in [0.15, 0.2) is 5.13 Å². The Kier molecular flexibility index (Phi) is 7.27. The van der Waals surface area contributed by atoms with Crippen molar-refractivity contribution in [3.8, 4) is 0 Å². The van der Waals surface area contributed by atoms with Gasteiger partial charge in [0, 0.05) is 18.4 Å². The number of aromatic nitrogens is 1. The largest absolute Gasteiger partial charge is 0.462 e. The molecule has 1 amide bonds. The van der Waals surface area contributed by atoms with Gasteiger partial charge in [-0.1, -0.05) is 18.2 Å². The van der Waals surface area contributed by atoms with Crippen molar-refractivity contribution in [2.45, 2.75) is 32.4 Å². The Bertz CT molecular complexity index is 998. The van der Waals surface area contributed by atoms with E-state index in [0.717, 1.165) is 47.6 Å². The molecule has 0 N–H and O–H groups in total. The van der Waals surface area contributed by atoms with E-state index in [-0.39, 0.29) is 10.8 Å². The van der Waals surface area contributed by atoms with Gasteiger partial charge in [0.25, 0.3) is 0 Å². The van der Waals surface area contributed by atoms with Crippen molar-refractivity contribution in [3.05, 3.63) is 59.1 Å². The van der Waals surface area contributed by atoms with E-state index in [1.54, 1.807) is 5.38 Å². The number of esters is 1. The maximum absolute atomic E-state index is 13.0. The Morgan fingerprint density at radius 3 is 2.81 bits per heavy atom. The molecule has 1 heterocycles. The molecule has 3 rings (SSSR count). The van der Waals surface area contributed by atoms with Crippen LogP contribution in [0.1, 0.15) is 37.4 Å². The van der Waals surface area contributed by atoms with Gasteiger partial charge in [0.2, 0.25) is 5.91 Å². The summed E-state index contributed by atoms with van der Waals surface area (Å²) in [4.78, 5) is 29.4. The average molecular weight is 450 g/mol. The third-order valence-electron chi connectivity index (χ3n) is 4.68. The van der Waals surface area contributed by atoms with Crippen LogP contribution in [0.2, 0.25) is 0 Å². The summed E-state index contributed by atoms with van der Waals surface area (Å²) in [6.45, 7) is 1.60. The summed E-state index contributed by atoms with van der Waals surface area (Å²) in [6.07, 6.45) is 5.24. The molecule has 0 spiro atoms. The first kappa shape index (κ1) is 22.7. The van der Waals surface area contributed by atoms with E-state index >= 15 is 0 Å². The minimum Gasteiger partial charge on any atom is -0.462 e. The second-order valence-electron chi connectivity index (χ2n) is 7.07. The van der Waals surface area contributed by atoms with Crippen LogP contribution in [-0.4, -0.2) is 23.5 Å². The van der Waals surface area contributed by atoms with Crippen LogP contribution in [0, 0.1) is 5.92 Å². The van der Waals surface area contributed by atoms with Crippen molar-refractivity contribution in [1.82, 2.24) is 4.98 Å². The van der Waals surface area contributed by atoms with Crippen molar-refractivity contribution < 1.29 is 27.5 Å². The molecular weight excluding hydrogens is 429 g/mol. The lowest BCUT2D eigenvalue weighted by Gasteiger charge is -2.19. The molecule has 1 aliphatic rings. The molecule has 0 saturated carbocycles. The third-order valence-corrected chi connectivity index (χ3v) is 5.52. The number of hydrogen-bond donors (Lipinski definition) is 0. The standard InChI is InChI=1S/C22H21F3N2O3S/c1-15(28)27(19-9-5-8-17(12-19)22(23,24)25)21-26-18(14-31-21)10-11-20(29)30-13-16-6-3-2-4-7-16/h2-3,5,8-12,14,16H,4,6-7,13H2,1H3/b11-10+. The molecule has 1 aromatic heterocycles. The second kappa shape index (κ2) is 9.91. The van der Waals surface area contributed by atoms with Crippen molar-refractivity contribution in [2.24, 2.45) is 5.92 Å². The van der Waals surface area contributed by atoms with Gasteiger partial charge in [-0.3, -0.25) is 9.69 Å². The van der Waals surface area contributed by atoms with Gasteiger partial charge in [-0.2, -0.15) is 13.2 Å². The number of halogens is 3. The second-order valence-corrected chi connectivity index (χ2v) is 7.91. The molecule has 1 aliphatic carbocycles. The number of nitrogens with zero attached hydrogens (tertiary/aromatic N) is 2. The zero-order valence-electron chi connectivity index (χ0n) is 16.8. The molecule has 1 atom stereocenters. The molecule has 0 bridgehead atoms. The predicted octanol–water partition coefficient (Wildman–Crippen LogP) is 5.76. The Hall–Kier alpha value is -2.94. The van der Waals surface area contributed by atoms with E-state index in [1.165, 1.54) is 31.2 Å². The number of rotatable bonds is 6. The predicted molar refractivity (Wildman–Crippen MR) is 113 cm³/mol. The highest BCUT2D eigenvalue weighted by molar-refractivity contribution is 7.14. The summed E-state index contributed by atoms with van der Waals surface area (Å²) in [5.41, 5.74) is -0.395. The zero-order valence-corrected chi connectivity index (χ0v) is 17.6. The number of hydrogen-bond acceptors (Lipinski definition) is 5. The minimum absolute atomic E-state index is 0.0631.